The maximum absolute atomic E-state index is 11.9. The predicted molar refractivity (Wildman–Crippen MR) is 44.7 cm³/mol. The van der Waals surface area contributed by atoms with Crippen LogP contribution < -0.4 is 5.32 Å². The number of hydrogen-bond acceptors (Lipinski definition) is 2. The van der Waals surface area contributed by atoms with Crippen molar-refractivity contribution in [2.75, 3.05) is 19.6 Å². The SMILES string of the molecule is C[C@H]1CN(C(=O)CC(F)(F)F)CCN1. The van der Waals surface area contributed by atoms with Crippen molar-refractivity contribution in [3.63, 3.8) is 0 Å². The molecule has 0 bridgehead atoms. The zero-order valence-corrected chi connectivity index (χ0v) is 7.90. The minimum absolute atomic E-state index is 0.0703. The van der Waals surface area contributed by atoms with Gasteiger partial charge in [-0.3, -0.25) is 4.79 Å². The first-order chi connectivity index (χ1) is 6.38. The van der Waals surface area contributed by atoms with E-state index >= 15 is 0 Å². The van der Waals surface area contributed by atoms with Gasteiger partial charge in [0.1, 0.15) is 6.42 Å². The molecule has 82 valence electrons. The van der Waals surface area contributed by atoms with E-state index in [1.54, 1.807) is 0 Å². The predicted octanol–water partition coefficient (Wildman–Crippen LogP) is 0.759. The van der Waals surface area contributed by atoms with E-state index in [4.69, 9.17) is 0 Å². The second-order valence-corrected chi connectivity index (χ2v) is 3.49. The first-order valence-electron chi connectivity index (χ1n) is 4.46. The number of nitrogens with zero attached hydrogens (tertiary/aromatic N) is 1. The number of carbonyl (C=O) groups excluding carboxylic acids is 1. The summed E-state index contributed by atoms with van der Waals surface area (Å²) in [5.74, 6) is -0.828. The fourth-order valence-electron chi connectivity index (χ4n) is 1.44. The number of piperazine rings is 1. The van der Waals surface area contributed by atoms with Gasteiger partial charge < -0.3 is 10.2 Å². The van der Waals surface area contributed by atoms with Crippen LogP contribution in [0.5, 0.6) is 0 Å². The summed E-state index contributed by atoms with van der Waals surface area (Å²) in [6, 6.07) is 0.0703. The molecule has 0 aliphatic carbocycles. The summed E-state index contributed by atoms with van der Waals surface area (Å²) in [5.41, 5.74) is 0. The zero-order valence-electron chi connectivity index (χ0n) is 7.90. The van der Waals surface area contributed by atoms with Gasteiger partial charge in [-0.1, -0.05) is 0 Å². The van der Waals surface area contributed by atoms with Gasteiger partial charge in [0.15, 0.2) is 0 Å². The van der Waals surface area contributed by atoms with Crippen molar-refractivity contribution < 1.29 is 18.0 Å². The van der Waals surface area contributed by atoms with Gasteiger partial charge in [-0.15, -0.1) is 0 Å². The molecule has 0 saturated carbocycles. The third kappa shape index (κ3) is 3.53. The topological polar surface area (TPSA) is 32.3 Å². The van der Waals surface area contributed by atoms with Crippen LogP contribution in [0.4, 0.5) is 13.2 Å². The van der Waals surface area contributed by atoms with Crippen LogP contribution in [-0.2, 0) is 4.79 Å². The van der Waals surface area contributed by atoms with Crippen LogP contribution in [0.3, 0.4) is 0 Å². The Kier molecular flexibility index (Phi) is 3.36. The smallest absolute Gasteiger partial charge is 0.340 e. The normalized spacial score (nSPS) is 23.7. The largest absolute Gasteiger partial charge is 0.397 e. The highest BCUT2D eigenvalue weighted by atomic mass is 19.4. The molecule has 0 radical (unpaired) electrons. The molecule has 1 aliphatic heterocycles. The molecule has 6 heteroatoms. The van der Waals surface area contributed by atoms with E-state index < -0.39 is 18.5 Å². The Morgan fingerprint density at radius 1 is 1.57 bits per heavy atom. The van der Waals surface area contributed by atoms with E-state index in [-0.39, 0.29) is 6.04 Å². The number of hydrogen-bond donors (Lipinski definition) is 1. The van der Waals surface area contributed by atoms with Crippen molar-refractivity contribution >= 4 is 5.91 Å². The third-order valence-corrected chi connectivity index (χ3v) is 2.07. The molecular formula is C8H13F3N2O. The molecule has 0 unspecified atom stereocenters. The van der Waals surface area contributed by atoms with E-state index in [0.29, 0.717) is 19.6 Å². The molecule has 0 spiro atoms. The summed E-state index contributed by atoms with van der Waals surface area (Å²) in [6.45, 7) is 3.12. The molecule has 1 heterocycles. The lowest BCUT2D eigenvalue weighted by Gasteiger charge is -2.32. The van der Waals surface area contributed by atoms with Crippen molar-refractivity contribution in [2.45, 2.75) is 25.6 Å². The van der Waals surface area contributed by atoms with E-state index in [1.807, 2.05) is 6.92 Å². The molecule has 1 fully saturated rings. The molecule has 1 aliphatic rings. The second kappa shape index (κ2) is 4.16. The molecule has 1 amide bonds. The third-order valence-electron chi connectivity index (χ3n) is 2.07. The molecule has 1 saturated heterocycles. The molecular weight excluding hydrogens is 197 g/mol. The number of nitrogens with one attached hydrogen (secondary N) is 1. The van der Waals surface area contributed by atoms with Crippen molar-refractivity contribution in [2.24, 2.45) is 0 Å². The quantitative estimate of drug-likeness (QED) is 0.693. The van der Waals surface area contributed by atoms with Crippen molar-refractivity contribution in [1.29, 1.82) is 0 Å². The summed E-state index contributed by atoms with van der Waals surface area (Å²) in [6.07, 6.45) is -5.75. The fraction of sp³-hybridized carbons (Fsp3) is 0.875. The summed E-state index contributed by atoms with van der Waals surface area (Å²) in [7, 11) is 0. The highest BCUT2D eigenvalue weighted by Gasteiger charge is 2.34. The molecule has 14 heavy (non-hydrogen) atoms. The van der Waals surface area contributed by atoms with Gasteiger partial charge in [0.25, 0.3) is 0 Å². The van der Waals surface area contributed by atoms with Gasteiger partial charge in [0, 0.05) is 25.7 Å². The Morgan fingerprint density at radius 3 is 2.71 bits per heavy atom. The van der Waals surface area contributed by atoms with Crippen LogP contribution in [0.15, 0.2) is 0 Å². The van der Waals surface area contributed by atoms with E-state index in [9.17, 15) is 18.0 Å². The average molecular weight is 210 g/mol. The number of rotatable bonds is 1. The first kappa shape index (κ1) is 11.3. The highest BCUT2D eigenvalue weighted by molar-refractivity contribution is 5.77. The molecule has 0 aromatic rings. The van der Waals surface area contributed by atoms with E-state index in [2.05, 4.69) is 5.32 Å². The molecule has 1 rings (SSSR count). The number of halogens is 3. The minimum atomic E-state index is -4.40. The van der Waals surface area contributed by atoms with Gasteiger partial charge in [-0.25, -0.2) is 0 Å². The maximum atomic E-state index is 11.9. The van der Waals surface area contributed by atoms with Gasteiger partial charge in [-0.05, 0) is 6.92 Å². The highest BCUT2D eigenvalue weighted by Crippen LogP contribution is 2.20. The fourth-order valence-corrected chi connectivity index (χ4v) is 1.44. The lowest BCUT2D eigenvalue weighted by atomic mass is 10.2. The van der Waals surface area contributed by atoms with Crippen molar-refractivity contribution in [1.82, 2.24) is 10.2 Å². The Hall–Kier alpha value is -0.780. The number of carbonyl (C=O) groups is 1. The summed E-state index contributed by atoms with van der Waals surface area (Å²) >= 11 is 0. The lowest BCUT2D eigenvalue weighted by molar-refractivity contribution is -0.162. The monoisotopic (exact) mass is 210 g/mol. The second-order valence-electron chi connectivity index (χ2n) is 3.49. The van der Waals surface area contributed by atoms with E-state index in [1.165, 1.54) is 4.90 Å². The summed E-state index contributed by atoms with van der Waals surface area (Å²) < 4.78 is 35.7. The van der Waals surface area contributed by atoms with Crippen LogP contribution in [0.2, 0.25) is 0 Å². The van der Waals surface area contributed by atoms with Gasteiger partial charge in [0.05, 0.1) is 0 Å². The summed E-state index contributed by atoms with van der Waals surface area (Å²) in [4.78, 5) is 12.4. The average Bonchev–Trinajstić information content (AvgIpc) is 2.01. The number of alkyl halides is 3. The van der Waals surface area contributed by atoms with Crippen LogP contribution in [0, 0.1) is 0 Å². The Labute approximate surface area is 80.3 Å². The molecule has 1 atom stereocenters. The minimum Gasteiger partial charge on any atom is -0.340 e. The Morgan fingerprint density at radius 2 is 2.21 bits per heavy atom. The molecule has 3 nitrogen and oxygen atoms in total. The van der Waals surface area contributed by atoms with Crippen LogP contribution in [-0.4, -0.2) is 42.7 Å². The van der Waals surface area contributed by atoms with Gasteiger partial charge in [-0.2, -0.15) is 13.2 Å². The molecule has 1 N–H and O–H groups in total. The van der Waals surface area contributed by atoms with Crippen molar-refractivity contribution in [3.05, 3.63) is 0 Å². The van der Waals surface area contributed by atoms with Gasteiger partial charge in [0.2, 0.25) is 5.91 Å². The van der Waals surface area contributed by atoms with Crippen LogP contribution >= 0.6 is 0 Å². The standard InChI is InChI=1S/C8H13F3N2O/c1-6-5-13(3-2-12-6)7(14)4-8(9,10)11/h6,12H,2-5H2,1H3/t6-/m0/s1. The van der Waals surface area contributed by atoms with Crippen LogP contribution in [0.1, 0.15) is 13.3 Å². The molecule has 0 aromatic heterocycles. The summed E-state index contributed by atoms with van der Waals surface area (Å²) in [5, 5.41) is 3.05. The first-order valence-corrected chi connectivity index (χ1v) is 4.46. The Bertz CT molecular complexity index is 217. The lowest BCUT2D eigenvalue weighted by Crippen LogP contribution is -2.51. The number of amides is 1. The maximum Gasteiger partial charge on any atom is 0.397 e. The zero-order chi connectivity index (χ0) is 10.8. The molecule has 0 aromatic carbocycles. The van der Waals surface area contributed by atoms with Crippen molar-refractivity contribution in [3.8, 4) is 0 Å². The van der Waals surface area contributed by atoms with E-state index in [0.717, 1.165) is 0 Å². The van der Waals surface area contributed by atoms with Crippen LogP contribution in [0.25, 0.3) is 0 Å². The van der Waals surface area contributed by atoms with Gasteiger partial charge >= 0.3 is 6.18 Å². The Balaban J connectivity index is 2.44.